The van der Waals surface area contributed by atoms with Crippen LogP contribution in [-0.4, -0.2) is 33.8 Å². The molecule has 6 N–H and O–H groups in total. The molecule has 0 spiro atoms. The van der Waals surface area contributed by atoms with Gasteiger partial charge in [0.2, 0.25) is 0 Å². The Kier molecular flexibility index (Phi) is 2.36. The second-order valence-electron chi connectivity index (χ2n) is 2.44. The predicted octanol–water partition coefficient (Wildman–Crippen LogP) is -3.13. The van der Waals surface area contributed by atoms with Crippen LogP contribution in [0.5, 0.6) is 0 Å². The molecule has 1 aliphatic rings. The summed E-state index contributed by atoms with van der Waals surface area (Å²) in [6.45, 7) is 0. The summed E-state index contributed by atoms with van der Waals surface area (Å²) in [7, 11) is 0. The Labute approximate surface area is 82.8 Å². The first kappa shape index (κ1) is 10.3. The third-order valence-corrected chi connectivity index (χ3v) is 1.52. The van der Waals surface area contributed by atoms with Gasteiger partial charge in [-0.05, 0) is 12.2 Å². The van der Waals surface area contributed by atoms with Crippen LogP contribution in [0.15, 0.2) is 0 Å². The molecule has 0 aliphatic carbocycles. The van der Waals surface area contributed by atoms with Gasteiger partial charge in [-0.2, -0.15) is 0 Å². The Morgan fingerprint density at radius 1 is 1.36 bits per heavy atom. The van der Waals surface area contributed by atoms with Gasteiger partial charge in [-0.3, -0.25) is 20.2 Å². The van der Waals surface area contributed by atoms with E-state index in [0.29, 0.717) is 0 Å². The molecule has 14 heavy (non-hydrogen) atoms. The van der Waals surface area contributed by atoms with Crippen LogP contribution in [0.1, 0.15) is 0 Å². The number of nitrogens with two attached hydrogens (primary N) is 1. The summed E-state index contributed by atoms with van der Waals surface area (Å²) in [6.07, 6.45) is 0. The van der Waals surface area contributed by atoms with E-state index in [1.165, 1.54) is 0 Å². The second kappa shape index (κ2) is 3.20. The molecule has 0 unspecified atom stereocenters. The van der Waals surface area contributed by atoms with Crippen molar-refractivity contribution >= 4 is 35.2 Å². The van der Waals surface area contributed by atoms with E-state index in [0.717, 1.165) is 0 Å². The number of rotatable bonds is 1. The van der Waals surface area contributed by atoms with E-state index in [4.69, 9.17) is 5.73 Å². The molecule has 0 radical (unpaired) electrons. The van der Waals surface area contributed by atoms with E-state index in [1.807, 2.05) is 5.32 Å². The second-order valence-corrected chi connectivity index (χ2v) is 2.88. The van der Waals surface area contributed by atoms with Gasteiger partial charge < -0.3 is 16.2 Å². The van der Waals surface area contributed by atoms with Crippen molar-refractivity contribution in [3.05, 3.63) is 0 Å². The van der Waals surface area contributed by atoms with Crippen molar-refractivity contribution < 1.29 is 19.5 Å². The number of amides is 4. The van der Waals surface area contributed by atoms with Crippen molar-refractivity contribution in [3.8, 4) is 0 Å². The number of nitrogens with one attached hydrogen (secondary N) is 3. The Bertz CT molecular complexity index is 321. The minimum atomic E-state index is -2.64. The lowest BCUT2D eigenvalue weighted by Crippen LogP contribution is -2.73. The fourth-order valence-electron chi connectivity index (χ4n) is 0.813. The van der Waals surface area contributed by atoms with Crippen LogP contribution >= 0.6 is 12.2 Å². The van der Waals surface area contributed by atoms with Crippen molar-refractivity contribution in [3.63, 3.8) is 0 Å². The zero-order chi connectivity index (χ0) is 10.9. The van der Waals surface area contributed by atoms with E-state index >= 15 is 0 Å². The lowest BCUT2D eigenvalue weighted by atomic mass is 10.1. The van der Waals surface area contributed by atoms with Gasteiger partial charge in [0.15, 0.2) is 5.11 Å². The predicted molar refractivity (Wildman–Crippen MR) is 46.6 cm³/mol. The number of aliphatic hydroxyl groups is 1. The standard InChI is InChI=1S/C5H6N4O4S/c6-3(14)9-5(13)1(10)7-4(12)8-2(5)11/h13H,(H3,6,9,14)(H2,7,8,10,11,12). The molecular formula is C5H6N4O4S. The van der Waals surface area contributed by atoms with Gasteiger partial charge in [0.1, 0.15) is 0 Å². The van der Waals surface area contributed by atoms with Gasteiger partial charge in [-0.15, -0.1) is 0 Å². The first-order valence-corrected chi connectivity index (χ1v) is 3.74. The maximum absolute atomic E-state index is 11.1. The zero-order valence-electron chi connectivity index (χ0n) is 6.66. The van der Waals surface area contributed by atoms with Crippen LogP contribution in [0.2, 0.25) is 0 Å². The summed E-state index contributed by atoms with van der Waals surface area (Å²) in [4.78, 5) is 32.7. The van der Waals surface area contributed by atoms with Crippen molar-refractivity contribution in [2.45, 2.75) is 5.72 Å². The zero-order valence-corrected chi connectivity index (χ0v) is 7.47. The highest BCUT2D eigenvalue weighted by Gasteiger charge is 2.49. The Morgan fingerprint density at radius 2 is 1.79 bits per heavy atom. The first-order chi connectivity index (χ1) is 6.36. The molecule has 0 bridgehead atoms. The molecule has 76 valence electrons. The van der Waals surface area contributed by atoms with Crippen LogP contribution in [0.3, 0.4) is 0 Å². The molecule has 4 amide bonds. The van der Waals surface area contributed by atoms with Gasteiger partial charge in [0.05, 0.1) is 0 Å². The average molecular weight is 218 g/mol. The molecule has 1 aliphatic heterocycles. The minimum Gasteiger partial charge on any atom is -0.376 e. The molecule has 1 saturated heterocycles. The summed E-state index contributed by atoms with van der Waals surface area (Å²) in [6, 6.07) is -1.02. The highest BCUT2D eigenvalue weighted by molar-refractivity contribution is 7.80. The monoisotopic (exact) mass is 218 g/mol. The number of thiocarbonyl (C=S) groups is 1. The van der Waals surface area contributed by atoms with Gasteiger partial charge >= 0.3 is 11.8 Å². The molecule has 0 atom stereocenters. The largest absolute Gasteiger partial charge is 0.376 e. The summed E-state index contributed by atoms with van der Waals surface area (Å²) in [5.74, 6) is -2.47. The highest BCUT2D eigenvalue weighted by Crippen LogP contribution is 2.04. The fraction of sp³-hybridized carbons (Fsp3) is 0.200. The molecule has 0 aromatic heterocycles. The number of hydrogen-bond acceptors (Lipinski definition) is 5. The molecule has 1 heterocycles. The normalized spacial score (nSPS) is 19.6. The average Bonchev–Trinajstić information content (AvgIpc) is 1.99. The molecule has 0 aromatic rings. The van der Waals surface area contributed by atoms with Crippen LogP contribution in [0.25, 0.3) is 0 Å². The molecular weight excluding hydrogens is 212 g/mol. The van der Waals surface area contributed by atoms with Gasteiger partial charge in [-0.1, -0.05) is 0 Å². The lowest BCUT2D eigenvalue weighted by molar-refractivity contribution is -0.156. The summed E-state index contributed by atoms with van der Waals surface area (Å²) < 4.78 is 0. The maximum atomic E-state index is 11.1. The van der Waals surface area contributed by atoms with E-state index in [-0.39, 0.29) is 0 Å². The maximum Gasteiger partial charge on any atom is 0.328 e. The smallest absolute Gasteiger partial charge is 0.328 e. The molecule has 0 aromatic carbocycles. The molecule has 1 rings (SSSR count). The first-order valence-electron chi connectivity index (χ1n) is 3.33. The quantitative estimate of drug-likeness (QED) is 0.178. The fourth-order valence-corrected chi connectivity index (χ4v) is 0.961. The van der Waals surface area contributed by atoms with E-state index < -0.39 is 28.7 Å². The van der Waals surface area contributed by atoms with Crippen molar-refractivity contribution in [2.24, 2.45) is 5.73 Å². The third-order valence-electron chi connectivity index (χ3n) is 1.42. The van der Waals surface area contributed by atoms with Crippen LogP contribution < -0.4 is 21.7 Å². The Balaban J connectivity index is 2.95. The van der Waals surface area contributed by atoms with E-state index in [2.05, 4.69) is 12.2 Å². The molecule has 0 saturated carbocycles. The van der Waals surface area contributed by atoms with Gasteiger partial charge in [-0.25, -0.2) is 4.79 Å². The van der Waals surface area contributed by atoms with E-state index in [1.54, 1.807) is 10.6 Å². The molecule has 8 nitrogen and oxygen atoms in total. The van der Waals surface area contributed by atoms with Crippen molar-refractivity contribution in [1.29, 1.82) is 0 Å². The number of imide groups is 2. The Morgan fingerprint density at radius 3 is 2.14 bits per heavy atom. The van der Waals surface area contributed by atoms with E-state index in [9.17, 15) is 19.5 Å². The number of barbiturate groups is 1. The van der Waals surface area contributed by atoms with Gasteiger partial charge in [0.25, 0.3) is 11.8 Å². The topological polar surface area (TPSA) is 134 Å². The van der Waals surface area contributed by atoms with Gasteiger partial charge in [0, 0.05) is 0 Å². The van der Waals surface area contributed by atoms with Crippen molar-refractivity contribution in [1.82, 2.24) is 16.0 Å². The highest BCUT2D eigenvalue weighted by atomic mass is 32.1. The number of hydrogen-bond donors (Lipinski definition) is 5. The van der Waals surface area contributed by atoms with Crippen LogP contribution in [0, 0.1) is 0 Å². The summed E-state index contributed by atoms with van der Waals surface area (Å²) in [5, 5.41) is 14.2. The summed E-state index contributed by atoms with van der Waals surface area (Å²) >= 11 is 4.35. The number of carbonyl (C=O) groups is 3. The number of urea groups is 1. The SMILES string of the molecule is NC(=S)NC1(O)C(=O)NC(=O)NC1=O. The lowest BCUT2D eigenvalue weighted by Gasteiger charge is -2.29. The number of carbonyl (C=O) groups excluding carboxylic acids is 3. The molecule has 1 fully saturated rings. The summed E-state index contributed by atoms with van der Waals surface area (Å²) in [5.41, 5.74) is 2.34. The Hall–Kier alpha value is -1.74. The van der Waals surface area contributed by atoms with Crippen LogP contribution in [-0.2, 0) is 9.59 Å². The third kappa shape index (κ3) is 1.63. The van der Waals surface area contributed by atoms with Crippen molar-refractivity contribution in [2.75, 3.05) is 0 Å². The van der Waals surface area contributed by atoms with Crippen LogP contribution in [0.4, 0.5) is 4.79 Å². The minimum absolute atomic E-state index is 0.452. The molecule has 9 heteroatoms.